The van der Waals surface area contributed by atoms with Crippen molar-refractivity contribution in [1.29, 1.82) is 0 Å². The Kier molecular flexibility index (Phi) is 2.96. The van der Waals surface area contributed by atoms with Crippen LogP contribution in [0, 0.1) is 0 Å². The third-order valence-corrected chi connectivity index (χ3v) is 2.13. The summed E-state index contributed by atoms with van der Waals surface area (Å²) in [5.41, 5.74) is -1.12. The molecule has 0 fully saturated rings. The number of carbonyl (C=O) groups excluding carboxylic acids is 1. The molecule has 7 heteroatoms. The SMILES string of the molecule is O=C(Nc1ccc(O)cc1)c1cc(=O)[nH]c(=O)[nH]1. The molecule has 2 rings (SSSR count). The molecule has 2 aromatic rings. The van der Waals surface area contributed by atoms with Crippen molar-refractivity contribution in [1.82, 2.24) is 9.97 Å². The Morgan fingerprint density at radius 1 is 1.11 bits per heavy atom. The van der Waals surface area contributed by atoms with E-state index in [0.29, 0.717) is 5.69 Å². The van der Waals surface area contributed by atoms with Gasteiger partial charge >= 0.3 is 5.69 Å². The maximum absolute atomic E-state index is 11.7. The maximum atomic E-state index is 11.7. The molecule has 0 aliphatic carbocycles. The van der Waals surface area contributed by atoms with Crippen LogP contribution >= 0.6 is 0 Å². The lowest BCUT2D eigenvalue weighted by atomic mass is 10.3. The van der Waals surface area contributed by atoms with E-state index in [9.17, 15) is 14.4 Å². The van der Waals surface area contributed by atoms with Gasteiger partial charge in [0.2, 0.25) is 0 Å². The molecule has 0 spiro atoms. The van der Waals surface area contributed by atoms with Crippen LogP contribution in [-0.2, 0) is 0 Å². The molecule has 92 valence electrons. The van der Waals surface area contributed by atoms with Gasteiger partial charge in [-0.3, -0.25) is 14.6 Å². The van der Waals surface area contributed by atoms with Gasteiger partial charge in [-0.15, -0.1) is 0 Å². The van der Waals surface area contributed by atoms with Gasteiger partial charge in [0.05, 0.1) is 0 Å². The van der Waals surface area contributed by atoms with E-state index in [2.05, 4.69) is 10.3 Å². The van der Waals surface area contributed by atoms with Crippen LogP contribution in [0.5, 0.6) is 5.75 Å². The van der Waals surface area contributed by atoms with Crippen molar-refractivity contribution in [3.05, 3.63) is 56.9 Å². The molecular weight excluding hydrogens is 238 g/mol. The van der Waals surface area contributed by atoms with E-state index in [1.165, 1.54) is 24.3 Å². The van der Waals surface area contributed by atoms with Crippen molar-refractivity contribution in [3.63, 3.8) is 0 Å². The minimum atomic E-state index is -0.752. The summed E-state index contributed by atoms with van der Waals surface area (Å²) in [6, 6.07) is 6.75. The van der Waals surface area contributed by atoms with Crippen LogP contribution < -0.4 is 16.6 Å². The van der Waals surface area contributed by atoms with Crippen LogP contribution in [-0.4, -0.2) is 21.0 Å². The average Bonchev–Trinajstić information content (AvgIpc) is 2.31. The monoisotopic (exact) mass is 247 g/mol. The number of hydrogen-bond donors (Lipinski definition) is 4. The van der Waals surface area contributed by atoms with Crippen LogP contribution in [0.15, 0.2) is 39.9 Å². The summed E-state index contributed by atoms with van der Waals surface area (Å²) < 4.78 is 0. The molecule has 0 unspecified atom stereocenters. The highest BCUT2D eigenvalue weighted by Gasteiger charge is 2.08. The lowest BCUT2D eigenvalue weighted by molar-refractivity contribution is 0.102. The first-order valence-corrected chi connectivity index (χ1v) is 4.98. The molecule has 0 atom stereocenters. The minimum absolute atomic E-state index is 0.0672. The second kappa shape index (κ2) is 4.58. The quantitative estimate of drug-likeness (QED) is 0.560. The fourth-order valence-electron chi connectivity index (χ4n) is 1.33. The number of aromatic nitrogens is 2. The third-order valence-electron chi connectivity index (χ3n) is 2.13. The number of H-pyrrole nitrogens is 2. The molecule has 1 amide bonds. The average molecular weight is 247 g/mol. The van der Waals surface area contributed by atoms with Gasteiger partial charge in [0.25, 0.3) is 11.5 Å². The van der Waals surface area contributed by atoms with Gasteiger partial charge in [0, 0.05) is 11.8 Å². The normalized spacial score (nSPS) is 10.0. The molecule has 0 saturated carbocycles. The third kappa shape index (κ3) is 2.64. The second-order valence-corrected chi connectivity index (χ2v) is 3.50. The molecule has 7 nitrogen and oxygen atoms in total. The van der Waals surface area contributed by atoms with Crippen LogP contribution in [0.2, 0.25) is 0 Å². The van der Waals surface area contributed by atoms with Gasteiger partial charge in [-0.05, 0) is 24.3 Å². The molecule has 1 heterocycles. The van der Waals surface area contributed by atoms with Crippen molar-refractivity contribution in [2.24, 2.45) is 0 Å². The first-order chi connectivity index (χ1) is 8.54. The minimum Gasteiger partial charge on any atom is -0.508 e. The Labute approximate surface area is 100 Å². The van der Waals surface area contributed by atoms with E-state index in [1.807, 2.05) is 4.98 Å². The zero-order valence-electron chi connectivity index (χ0n) is 9.06. The van der Waals surface area contributed by atoms with E-state index in [0.717, 1.165) is 6.07 Å². The predicted molar refractivity (Wildman–Crippen MR) is 63.7 cm³/mol. The Balaban J connectivity index is 2.24. The second-order valence-electron chi connectivity index (χ2n) is 3.50. The molecule has 0 bridgehead atoms. The highest BCUT2D eigenvalue weighted by atomic mass is 16.3. The number of phenolic OH excluding ortho intramolecular Hbond substituents is 1. The van der Waals surface area contributed by atoms with Crippen molar-refractivity contribution in [2.45, 2.75) is 0 Å². The Morgan fingerprint density at radius 2 is 1.78 bits per heavy atom. The fourth-order valence-corrected chi connectivity index (χ4v) is 1.33. The highest BCUT2D eigenvalue weighted by Crippen LogP contribution is 2.13. The van der Waals surface area contributed by atoms with Gasteiger partial charge in [-0.2, -0.15) is 0 Å². The number of benzene rings is 1. The zero-order chi connectivity index (χ0) is 13.1. The molecule has 18 heavy (non-hydrogen) atoms. The molecule has 0 radical (unpaired) electrons. The number of carbonyl (C=O) groups is 1. The van der Waals surface area contributed by atoms with Gasteiger partial charge in [-0.25, -0.2) is 4.79 Å². The van der Waals surface area contributed by atoms with E-state index in [-0.39, 0.29) is 11.4 Å². The van der Waals surface area contributed by atoms with Gasteiger partial charge in [0.15, 0.2) is 0 Å². The van der Waals surface area contributed by atoms with E-state index >= 15 is 0 Å². The van der Waals surface area contributed by atoms with E-state index in [4.69, 9.17) is 5.11 Å². The summed E-state index contributed by atoms with van der Waals surface area (Å²) in [4.78, 5) is 37.9. The number of aromatic hydroxyl groups is 1. The van der Waals surface area contributed by atoms with Crippen molar-refractivity contribution < 1.29 is 9.90 Å². The number of rotatable bonds is 2. The number of anilines is 1. The van der Waals surface area contributed by atoms with Crippen LogP contribution in [0.1, 0.15) is 10.5 Å². The fraction of sp³-hybridized carbons (Fsp3) is 0. The lowest BCUT2D eigenvalue weighted by Crippen LogP contribution is -2.27. The summed E-state index contributed by atoms with van der Waals surface area (Å²) in [5, 5.41) is 11.5. The topological polar surface area (TPSA) is 115 Å². The van der Waals surface area contributed by atoms with Gasteiger partial charge in [0.1, 0.15) is 11.4 Å². The summed E-state index contributed by atoms with van der Waals surface area (Å²) in [6.07, 6.45) is 0. The van der Waals surface area contributed by atoms with E-state index in [1.54, 1.807) is 0 Å². The van der Waals surface area contributed by atoms with Gasteiger partial charge < -0.3 is 15.4 Å². The summed E-state index contributed by atoms with van der Waals surface area (Å²) in [7, 11) is 0. The lowest BCUT2D eigenvalue weighted by Gasteiger charge is -2.04. The molecular formula is C11H9N3O4. The smallest absolute Gasteiger partial charge is 0.326 e. The largest absolute Gasteiger partial charge is 0.508 e. The summed E-state index contributed by atoms with van der Waals surface area (Å²) in [5.74, 6) is -0.554. The molecule has 0 aliphatic heterocycles. The predicted octanol–water partition coefficient (Wildman–Crippen LogP) is 0.0211. The van der Waals surface area contributed by atoms with Gasteiger partial charge in [-0.1, -0.05) is 0 Å². The Bertz CT molecular complexity index is 656. The number of amides is 1. The van der Waals surface area contributed by atoms with Crippen LogP contribution in [0.3, 0.4) is 0 Å². The molecule has 0 aliphatic rings. The molecule has 4 N–H and O–H groups in total. The summed E-state index contributed by atoms with van der Waals surface area (Å²) >= 11 is 0. The number of phenols is 1. The Morgan fingerprint density at radius 3 is 2.39 bits per heavy atom. The zero-order valence-corrected chi connectivity index (χ0v) is 9.06. The number of aromatic amines is 2. The maximum Gasteiger partial charge on any atom is 0.326 e. The summed E-state index contributed by atoms with van der Waals surface area (Å²) in [6.45, 7) is 0. The Hall–Kier alpha value is -2.83. The number of hydrogen-bond acceptors (Lipinski definition) is 4. The van der Waals surface area contributed by atoms with Crippen molar-refractivity contribution >= 4 is 11.6 Å². The van der Waals surface area contributed by atoms with Crippen LogP contribution in [0.4, 0.5) is 5.69 Å². The van der Waals surface area contributed by atoms with Crippen LogP contribution in [0.25, 0.3) is 0 Å². The van der Waals surface area contributed by atoms with E-state index < -0.39 is 17.2 Å². The highest BCUT2D eigenvalue weighted by molar-refractivity contribution is 6.02. The standard InChI is InChI=1S/C11H9N3O4/c15-7-3-1-6(2-4-7)12-10(17)8-5-9(16)14-11(18)13-8/h1-5,15H,(H,12,17)(H2,13,14,16,18). The molecule has 1 aromatic heterocycles. The van der Waals surface area contributed by atoms with Crippen molar-refractivity contribution in [3.8, 4) is 5.75 Å². The number of nitrogens with one attached hydrogen (secondary N) is 3. The molecule has 1 aromatic carbocycles. The first kappa shape index (κ1) is 11.6. The first-order valence-electron chi connectivity index (χ1n) is 4.98. The van der Waals surface area contributed by atoms with Crippen molar-refractivity contribution in [2.75, 3.05) is 5.32 Å². The molecule has 0 saturated heterocycles.